The van der Waals surface area contributed by atoms with Crippen LogP contribution in [0.15, 0.2) is 30.3 Å². The van der Waals surface area contributed by atoms with Crippen molar-refractivity contribution in [1.82, 2.24) is 10.2 Å². The van der Waals surface area contributed by atoms with Gasteiger partial charge in [-0.3, -0.25) is 4.90 Å². The van der Waals surface area contributed by atoms with Gasteiger partial charge in [0.1, 0.15) is 0 Å². The number of piperazine rings is 1. The van der Waals surface area contributed by atoms with E-state index in [0.717, 1.165) is 13.0 Å². The molecule has 1 N–H and O–H groups in total. The molecule has 0 radical (unpaired) electrons. The Hall–Kier alpha value is -0.860. The first kappa shape index (κ1) is 13.6. The van der Waals surface area contributed by atoms with Crippen LogP contribution < -0.4 is 5.32 Å². The van der Waals surface area contributed by atoms with Gasteiger partial charge in [-0.25, -0.2) is 0 Å². The largest absolute Gasteiger partial charge is 0.311 e. The molecule has 1 fully saturated rings. The van der Waals surface area contributed by atoms with E-state index in [0.29, 0.717) is 18.1 Å². The zero-order valence-electron chi connectivity index (χ0n) is 11.9. The summed E-state index contributed by atoms with van der Waals surface area (Å²) in [4.78, 5) is 2.66. The Labute approximate surface area is 111 Å². The van der Waals surface area contributed by atoms with E-state index in [4.69, 9.17) is 0 Å². The van der Waals surface area contributed by atoms with Gasteiger partial charge in [-0.1, -0.05) is 37.3 Å². The molecular formula is C16H26N2. The van der Waals surface area contributed by atoms with Crippen molar-refractivity contribution in [2.45, 2.75) is 51.7 Å². The lowest BCUT2D eigenvalue weighted by Gasteiger charge is -2.42. The highest BCUT2D eigenvalue weighted by molar-refractivity contribution is 5.15. The molecule has 100 valence electrons. The molecule has 2 rings (SSSR count). The van der Waals surface area contributed by atoms with Crippen LogP contribution in [-0.2, 0) is 6.42 Å². The van der Waals surface area contributed by atoms with E-state index < -0.39 is 0 Å². The number of nitrogens with one attached hydrogen (secondary N) is 1. The Morgan fingerprint density at radius 3 is 2.72 bits per heavy atom. The molecule has 0 saturated carbocycles. The van der Waals surface area contributed by atoms with Crippen LogP contribution in [-0.4, -0.2) is 36.1 Å². The number of hydrogen-bond donors (Lipinski definition) is 1. The molecule has 0 aromatic heterocycles. The molecule has 0 amide bonds. The average Bonchev–Trinajstić information content (AvgIpc) is 2.40. The maximum Gasteiger partial charge on any atom is 0.0196 e. The van der Waals surface area contributed by atoms with Crippen molar-refractivity contribution >= 4 is 0 Å². The van der Waals surface area contributed by atoms with Gasteiger partial charge < -0.3 is 5.32 Å². The van der Waals surface area contributed by atoms with Crippen LogP contribution in [0, 0.1) is 0 Å². The number of benzene rings is 1. The summed E-state index contributed by atoms with van der Waals surface area (Å²) in [6.45, 7) is 9.28. The molecule has 2 heteroatoms. The third-order valence-electron chi connectivity index (χ3n) is 4.13. The summed E-state index contributed by atoms with van der Waals surface area (Å²) in [7, 11) is 0. The van der Waals surface area contributed by atoms with Crippen LogP contribution in [0.5, 0.6) is 0 Å². The summed E-state index contributed by atoms with van der Waals surface area (Å²) >= 11 is 0. The molecule has 1 heterocycles. The van der Waals surface area contributed by atoms with Gasteiger partial charge in [0.15, 0.2) is 0 Å². The quantitative estimate of drug-likeness (QED) is 0.878. The molecular weight excluding hydrogens is 220 g/mol. The van der Waals surface area contributed by atoms with Gasteiger partial charge in [-0.15, -0.1) is 0 Å². The SMILES string of the molecule is CCC1CN(C(C)Cc2ccccc2)C(C)CN1. The van der Waals surface area contributed by atoms with Crippen molar-refractivity contribution in [3.63, 3.8) is 0 Å². The standard InChI is InChI=1S/C16H26N2/c1-4-16-12-18(14(3)11-17-16)13(2)10-15-8-6-5-7-9-15/h5-9,13-14,16-17H,4,10-12H2,1-3H3. The topological polar surface area (TPSA) is 15.3 Å². The first-order chi connectivity index (χ1) is 8.70. The van der Waals surface area contributed by atoms with Gasteiger partial charge in [-0.05, 0) is 32.3 Å². The van der Waals surface area contributed by atoms with E-state index >= 15 is 0 Å². The molecule has 2 nitrogen and oxygen atoms in total. The molecule has 1 aliphatic rings. The Morgan fingerprint density at radius 2 is 2.06 bits per heavy atom. The van der Waals surface area contributed by atoms with E-state index in [1.54, 1.807) is 0 Å². The summed E-state index contributed by atoms with van der Waals surface area (Å²) in [5.74, 6) is 0. The summed E-state index contributed by atoms with van der Waals surface area (Å²) < 4.78 is 0. The van der Waals surface area contributed by atoms with Gasteiger partial charge in [0.05, 0.1) is 0 Å². The zero-order valence-corrected chi connectivity index (χ0v) is 11.9. The zero-order chi connectivity index (χ0) is 13.0. The lowest BCUT2D eigenvalue weighted by atomic mass is 10.0. The molecule has 1 aliphatic heterocycles. The summed E-state index contributed by atoms with van der Waals surface area (Å²) in [6, 6.07) is 12.8. The van der Waals surface area contributed by atoms with Crippen molar-refractivity contribution in [2.75, 3.05) is 13.1 Å². The molecule has 1 aromatic rings. The van der Waals surface area contributed by atoms with Crippen LogP contribution in [0.3, 0.4) is 0 Å². The fraction of sp³-hybridized carbons (Fsp3) is 0.625. The minimum atomic E-state index is 0.624. The monoisotopic (exact) mass is 246 g/mol. The first-order valence-corrected chi connectivity index (χ1v) is 7.23. The minimum absolute atomic E-state index is 0.624. The Balaban J connectivity index is 1.96. The van der Waals surface area contributed by atoms with Crippen LogP contribution in [0.4, 0.5) is 0 Å². The van der Waals surface area contributed by atoms with Crippen molar-refractivity contribution in [2.24, 2.45) is 0 Å². The molecule has 0 bridgehead atoms. The maximum atomic E-state index is 3.63. The summed E-state index contributed by atoms with van der Waals surface area (Å²) in [5.41, 5.74) is 1.45. The Bertz CT molecular complexity index is 349. The molecule has 3 unspecified atom stereocenters. The van der Waals surface area contributed by atoms with Gasteiger partial charge in [-0.2, -0.15) is 0 Å². The minimum Gasteiger partial charge on any atom is -0.311 e. The van der Waals surface area contributed by atoms with Gasteiger partial charge in [0, 0.05) is 31.2 Å². The van der Waals surface area contributed by atoms with Crippen LogP contribution in [0.1, 0.15) is 32.8 Å². The fourth-order valence-corrected chi connectivity index (χ4v) is 2.91. The van der Waals surface area contributed by atoms with Crippen molar-refractivity contribution in [3.8, 4) is 0 Å². The van der Waals surface area contributed by atoms with Crippen molar-refractivity contribution in [1.29, 1.82) is 0 Å². The normalized spacial score (nSPS) is 27.1. The van der Waals surface area contributed by atoms with Crippen LogP contribution in [0.25, 0.3) is 0 Å². The molecule has 0 spiro atoms. The fourth-order valence-electron chi connectivity index (χ4n) is 2.91. The predicted molar refractivity (Wildman–Crippen MR) is 77.9 cm³/mol. The Kier molecular flexibility index (Phi) is 4.79. The van der Waals surface area contributed by atoms with E-state index in [9.17, 15) is 0 Å². The first-order valence-electron chi connectivity index (χ1n) is 7.23. The number of hydrogen-bond acceptors (Lipinski definition) is 2. The molecule has 3 atom stereocenters. The highest BCUT2D eigenvalue weighted by atomic mass is 15.2. The highest BCUT2D eigenvalue weighted by Gasteiger charge is 2.27. The second kappa shape index (κ2) is 6.35. The third-order valence-corrected chi connectivity index (χ3v) is 4.13. The van der Waals surface area contributed by atoms with E-state index in [-0.39, 0.29) is 0 Å². The summed E-state index contributed by atoms with van der Waals surface area (Å²) in [5, 5.41) is 3.63. The van der Waals surface area contributed by atoms with E-state index in [1.165, 1.54) is 18.5 Å². The van der Waals surface area contributed by atoms with E-state index in [1.807, 2.05) is 0 Å². The molecule has 1 aromatic carbocycles. The van der Waals surface area contributed by atoms with Crippen molar-refractivity contribution in [3.05, 3.63) is 35.9 Å². The lowest BCUT2D eigenvalue weighted by molar-refractivity contribution is 0.0974. The maximum absolute atomic E-state index is 3.63. The smallest absolute Gasteiger partial charge is 0.0196 e. The second-order valence-electron chi connectivity index (χ2n) is 5.60. The lowest BCUT2D eigenvalue weighted by Crippen LogP contribution is -2.58. The van der Waals surface area contributed by atoms with Gasteiger partial charge >= 0.3 is 0 Å². The molecule has 18 heavy (non-hydrogen) atoms. The van der Waals surface area contributed by atoms with Crippen LogP contribution >= 0.6 is 0 Å². The average molecular weight is 246 g/mol. The summed E-state index contributed by atoms with van der Waals surface area (Å²) in [6.07, 6.45) is 2.38. The number of rotatable bonds is 4. The second-order valence-corrected chi connectivity index (χ2v) is 5.60. The predicted octanol–water partition coefficient (Wildman–Crippen LogP) is 2.69. The molecule has 1 saturated heterocycles. The van der Waals surface area contributed by atoms with Crippen molar-refractivity contribution < 1.29 is 0 Å². The van der Waals surface area contributed by atoms with Gasteiger partial charge in [0.25, 0.3) is 0 Å². The Morgan fingerprint density at radius 1 is 1.33 bits per heavy atom. The third kappa shape index (κ3) is 3.33. The molecule has 0 aliphatic carbocycles. The van der Waals surface area contributed by atoms with Crippen LogP contribution in [0.2, 0.25) is 0 Å². The van der Waals surface area contributed by atoms with E-state index in [2.05, 4.69) is 61.3 Å². The number of nitrogens with zero attached hydrogens (tertiary/aromatic N) is 1. The highest BCUT2D eigenvalue weighted by Crippen LogP contribution is 2.16. The van der Waals surface area contributed by atoms with Gasteiger partial charge in [0.2, 0.25) is 0 Å².